The van der Waals surface area contributed by atoms with Crippen molar-refractivity contribution in [3.05, 3.63) is 34.3 Å². The lowest BCUT2D eigenvalue weighted by molar-refractivity contribution is 0.0296. The molecule has 2 atom stereocenters. The molecular weight excluding hydrogens is 360 g/mol. The number of hydrogen-bond donors (Lipinski definition) is 0. The smallest absolute Gasteiger partial charge is 0.254 e. The molecular formula is C18H25ClN2O3S. The minimum atomic E-state index is -3.13. The largest absolute Gasteiger partial charge is 0.332 e. The molecule has 0 aromatic heterocycles. The zero-order valence-corrected chi connectivity index (χ0v) is 16.5. The van der Waals surface area contributed by atoms with E-state index in [2.05, 4.69) is 18.7 Å². The van der Waals surface area contributed by atoms with Crippen molar-refractivity contribution in [1.82, 2.24) is 9.80 Å². The van der Waals surface area contributed by atoms with Gasteiger partial charge in [0.25, 0.3) is 5.91 Å². The third-order valence-electron chi connectivity index (χ3n) is 5.15. The quantitative estimate of drug-likeness (QED) is 0.801. The van der Waals surface area contributed by atoms with Crippen LogP contribution in [0, 0.1) is 12.8 Å². The molecule has 0 N–H and O–H groups in total. The second-order valence-electron chi connectivity index (χ2n) is 7.51. The summed E-state index contributed by atoms with van der Waals surface area (Å²) in [6, 6.07) is 4.91. The van der Waals surface area contributed by atoms with Gasteiger partial charge in [-0.05, 0) is 30.5 Å². The molecule has 0 bridgehead atoms. The van der Waals surface area contributed by atoms with E-state index in [-0.39, 0.29) is 29.5 Å². The van der Waals surface area contributed by atoms with Gasteiger partial charge in [0.15, 0.2) is 9.84 Å². The van der Waals surface area contributed by atoms with Crippen molar-refractivity contribution in [3.8, 4) is 0 Å². The van der Waals surface area contributed by atoms with Crippen molar-refractivity contribution in [2.24, 2.45) is 5.92 Å². The fraction of sp³-hybridized carbons (Fsp3) is 0.611. The van der Waals surface area contributed by atoms with Gasteiger partial charge in [-0.3, -0.25) is 9.69 Å². The van der Waals surface area contributed by atoms with Crippen LogP contribution in [-0.2, 0) is 9.84 Å². The molecule has 2 saturated heterocycles. The van der Waals surface area contributed by atoms with Crippen LogP contribution >= 0.6 is 11.6 Å². The number of nitrogens with zero attached hydrogens (tertiary/aromatic N) is 2. The normalized spacial score (nSPS) is 26.0. The molecule has 7 heteroatoms. The summed E-state index contributed by atoms with van der Waals surface area (Å²) in [7, 11) is -3.13. The van der Waals surface area contributed by atoms with Gasteiger partial charge in [-0.15, -0.1) is 0 Å². The first-order valence-corrected chi connectivity index (χ1v) is 10.9. The van der Waals surface area contributed by atoms with Gasteiger partial charge in [0.2, 0.25) is 0 Å². The Hall–Kier alpha value is -1.11. The topological polar surface area (TPSA) is 57.7 Å². The molecule has 3 rings (SSSR count). The van der Waals surface area contributed by atoms with E-state index in [1.807, 2.05) is 6.92 Å². The summed E-state index contributed by atoms with van der Waals surface area (Å²) in [6.07, 6.45) is 0. The Labute approximate surface area is 154 Å². The molecule has 0 saturated carbocycles. The molecule has 2 aliphatic rings. The van der Waals surface area contributed by atoms with Crippen LogP contribution < -0.4 is 0 Å². The number of hydrogen-bond acceptors (Lipinski definition) is 4. The zero-order valence-electron chi connectivity index (χ0n) is 14.9. The van der Waals surface area contributed by atoms with Crippen LogP contribution in [0.1, 0.15) is 29.8 Å². The van der Waals surface area contributed by atoms with Crippen LogP contribution in [0.4, 0.5) is 0 Å². The first kappa shape index (κ1) is 18.7. The van der Waals surface area contributed by atoms with Gasteiger partial charge in [-0.25, -0.2) is 8.42 Å². The molecule has 1 aromatic carbocycles. The number of piperazine rings is 1. The number of sulfone groups is 1. The van der Waals surface area contributed by atoms with Crippen molar-refractivity contribution >= 4 is 27.3 Å². The Bertz CT molecular complexity index is 779. The molecule has 1 amide bonds. The van der Waals surface area contributed by atoms with Crippen molar-refractivity contribution in [3.63, 3.8) is 0 Å². The van der Waals surface area contributed by atoms with Gasteiger partial charge in [0.05, 0.1) is 17.5 Å². The monoisotopic (exact) mass is 384 g/mol. The first-order chi connectivity index (χ1) is 11.7. The van der Waals surface area contributed by atoms with E-state index in [1.165, 1.54) is 0 Å². The third-order valence-corrected chi connectivity index (χ3v) is 7.26. The van der Waals surface area contributed by atoms with E-state index < -0.39 is 9.84 Å². The maximum absolute atomic E-state index is 13.1. The Morgan fingerprint density at radius 2 is 1.92 bits per heavy atom. The van der Waals surface area contributed by atoms with Gasteiger partial charge >= 0.3 is 0 Å². The Kier molecular flexibility index (Phi) is 5.15. The lowest BCUT2D eigenvalue weighted by Crippen LogP contribution is -2.61. The second kappa shape index (κ2) is 6.89. The van der Waals surface area contributed by atoms with Gasteiger partial charge in [0, 0.05) is 36.3 Å². The third kappa shape index (κ3) is 3.71. The van der Waals surface area contributed by atoms with Gasteiger partial charge < -0.3 is 4.90 Å². The lowest BCUT2D eigenvalue weighted by atomic mass is 10.00. The van der Waals surface area contributed by atoms with Crippen molar-refractivity contribution < 1.29 is 13.2 Å². The average molecular weight is 385 g/mol. The Balaban J connectivity index is 1.90. The van der Waals surface area contributed by atoms with E-state index in [9.17, 15) is 13.2 Å². The number of amides is 1. The van der Waals surface area contributed by atoms with E-state index in [4.69, 9.17) is 11.6 Å². The highest BCUT2D eigenvalue weighted by molar-refractivity contribution is 7.91. The molecule has 25 heavy (non-hydrogen) atoms. The van der Waals surface area contributed by atoms with Gasteiger partial charge in [0.1, 0.15) is 0 Å². The Morgan fingerprint density at radius 3 is 2.60 bits per heavy atom. The zero-order chi connectivity index (χ0) is 18.4. The summed E-state index contributed by atoms with van der Waals surface area (Å²) in [4.78, 5) is 17.1. The first-order valence-electron chi connectivity index (χ1n) is 8.70. The summed E-state index contributed by atoms with van der Waals surface area (Å²) >= 11 is 6.16. The molecule has 0 spiro atoms. The summed E-state index contributed by atoms with van der Waals surface area (Å²) in [5.74, 6) is 0.540. The predicted octanol–water partition coefficient (Wildman–Crippen LogP) is 2.23. The number of benzene rings is 1. The van der Waals surface area contributed by atoms with E-state index >= 15 is 0 Å². The number of rotatable bonds is 3. The van der Waals surface area contributed by atoms with Crippen molar-refractivity contribution in [1.29, 1.82) is 0 Å². The summed E-state index contributed by atoms with van der Waals surface area (Å²) in [5.41, 5.74) is 1.31. The molecule has 2 aliphatic heterocycles. The number of carbonyl (C=O) groups excluding carboxylic acids is 1. The summed E-state index contributed by atoms with van der Waals surface area (Å²) < 4.78 is 24.5. The number of fused-ring (bicyclic) bond motifs is 1. The van der Waals surface area contributed by atoms with Crippen LogP contribution in [-0.4, -0.2) is 67.3 Å². The molecule has 0 aliphatic carbocycles. The van der Waals surface area contributed by atoms with E-state index in [0.29, 0.717) is 29.6 Å². The molecule has 1 aromatic rings. The fourth-order valence-corrected chi connectivity index (χ4v) is 6.15. The van der Waals surface area contributed by atoms with Crippen LogP contribution in [0.3, 0.4) is 0 Å². The summed E-state index contributed by atoms with van der Waals surface area (Å²) in [5, 5.41) is 0.555. The van der Waals surface area contributed by atoms with Crippen LogP contribution in [0.25, 0.3) is 0 Å². The van der Waals surface area contributed by atoms with E-state index in [1.54, 1.807) is 23.1 Å². The highest BCUT2D eigenvalue weighted by Gasteiger charge is 2.48. The molecule has 0 unspecified atom stereocenters. The number of carbonyl (C=O) groups is 1. The number of halogens is 1. The van der Waals surface area contributed by atoms with Crippen LogP contribution in [0.2, 0.25) is 5.02 Å². The van der Waals surface area contributed by atoms with E-state index in [0.717, 1.165) is 12.1 Å². The average Bonchev–Trinajstić information content (AvgIpc) is 2.85. The minimum absolute atomic E-state index is 0.0532. The molecule has 0 radical (unpaired) electrons. The van der Waals surface area contributed by atoms with Crippen molar-refractivity contribution in [2.75, 3.05) is 31.1 Å². The molecule has 2 heterocycles. The maximum Gasteiger partial charge on any atom is 0.254 e. The molecule has 5 nitrogen and oxygen atoms in total. The maximum atomic E-state index is 13.1. The van der Waals surface area contributed by atoms with Crippen LogP contribution in [0.15, 0.2) is 18.2 Å². The fourth-order valence-electron chi connectivity index (χ4n) is 3.97. The lowest BCUT2D eigenvalue weighted by Gasteiger charge is -2.44. The van der Waals surface area contributed by atoms with Crippen LogP contribution in [0.5, 0.6) is 0 Å². The molecule has 2 fully saturated rings. The second-order valence-corrected chi connectivity index (χ2v) is 10.1. The van der Waals surface area contributed by atoms with Gasteiger partial charge in [-0.2, -0.15) is 0 Å². The summed E-state index contributed by atoms with van der Waals surface area (Å²) in [6.45, 7) is 8.20. The predicted molar refractivity (Wildman–Crippen MR) is 99.9 cm³/mol. The van der Waals surface area contributed by atoms with Crippen molar-refractivity contribution in [2.45, 2.75) is 32.9 Å². The highest BCUT2D eigenvalue weighted by atomic mass is 35.5. The van der Waals surface area contributed by atoms with Gasteiger partial charge in [-0.1, -0.05) is 31.5 Å². The standard InChI is InChI=1S/C18H25ClN2O3S/c1-12(2)9-20-7-8-21(17-11-25(23,24)10-16(17)20)18(22)14-5-4-6-15(19)13(14)3/h4-6,12,16-17H,7-11H2,1-3H3/t16-,17+/m1/s1. The Morgan fingerprint density at radius 1 is 1.24 bits per heavy atom. The molecule has 138 valence electrons. The minimum Gasteiger partial charge on any atom is -0.332 e. The highest BCUT2D eigenvalue weighted by Crippen LogP contribution is 2.30. The SMILES string of the molecule is Cc1c(Cl)cccc1C(=O)N1CCN(CC(C)C)[C@@H]2CS(=O)(=O)C[C@@H]21.